The van der Waals surface area contributed by atoms with Gasteiger partial charge in [0, 0.05) is 49.1 Å². The molecule has 0 aliphatic carbocycles. The molecule has 1 aliphatic heterocycles. The maximum absolute atomic E-state index is 13.4. The molecule has 9 heteroatoms. The summed E-state index contributed by atoms with van der Waals surface area (Å²) in [6.07, 6.45) is 4.80. The summed E-state index contributed by atoms with van der Waals surface area (Å²) in [6, 6.07) is 8.31. The molecule has 3 heterocycles. The highest BCUT2D eigenvalue weighted by atomic mass is 19.1. The van der Waals surface area contributed by atoms with E-state index in [2.05, 4.69) is 15.0 Å². The Kier molecular flexibility index (Phi) is 5.34. The van der Waals surface area contributed by atoms with Crippen LogP contribution in [0.2, 0.25) is 0 Å². The Bertz CT molecular complexity index is 1080. The topological polar surface area (TPSA) is 99.5 Å². The Hall–Kier alpha value is -3.88. The van der Waals surface area contributed by atoms with Gasteiger partial charge in [-0.3, -0.25) is 14.8 Å². The number of benzene rings is 1. The lowest BCUT2D eigenvalue weighted by Crippen LogP contribution is -2.50. The van der Waals surface area contributed by atoms with Crippen LogP contribution in [0, 0.1) is 5.82 Å². The molecule has 1 aromatic carbocycles. The summed E-state index contributed by atoms with van der Waals surface area (Å²) in [7, 11) is 0. The predicted octanol–water partition coefficient (Wildman–Crippen LogP) is 2.78. The lowest BCUT2D eigenvalue weighted by atomic mass is 10.1. The largest absolute Gasteiger partial charge is 0.465 e. The second-order valence-electron chi connectivity index (χ2n) is 6.82. The van der Waals surface area contributed by atoms with E-state index in [0.717, 1.165) is 11.8 Å². The van der Waals surface area contributed by atoms with Crippen molar-refractivity contribution in [1.29, 1.82) is 0 Å². The molecule has 0 bridgehead atoms. The molecule has 0 atom stereocenters. The van der Waals surface area contributed by atoms with Crippen LogP contribution in [0.4, 0.5) is 9.18 Å². The average Bonchev–Trinajstić information content (AvgIpc) is 2.79. The van der Waals surface area contributed by atoms with Crippen molar-refractivity contribution in [2.75, 3.05) is 26.2 Å². The maximum Gasteiger partial charge on any atom is 0.407 e. The highest BCUT2D eigenvalue weighted by Crippen LogP contribution is 2.22. The summed E-state index contributed by atoms with van der Waals surface area (Å²) in [5, 5.41) is 9.01. The minimum absolute atomic E-state index is 0.141. The van der Waals surface area contributed by atoms with E-state index in [-0.39, 0.29) is 5.91 Å². The second-order valence-corrected chi connectivity index (χ2v) is 6.82. The number of halogens is 1. The summed E-state index contributed by atoms with van der Waals surface area (Å²) in [5.41, 5.74) is 2.89. The fourth-order valence-electron chi connectivity index (χ4n) is 3.26. The second kappa shape index (κ2) is 8.24. The van der Waals surface area contributed by atoms with Crippen molar-refractivity contribution >= 4 is 12.0 Å². The van der Waals surface area contributed by atoms with Gasteiger partial charge < -0.3 is 14.9 Å². The molecular weight excluding hydrogens is 389 g/mol. The number of hydrogen-bond donors (Lipinski definition) is 1. The molecule has 1 saturated heterocycles. The van der Waals surface area contributed by atoms with Gasteiger partial charge in [-0.05, 0) is 18.2 Å². The molecule has 0 radical (unpaired) electrons. The van der Waals surface area contributed by atoms with E-state index in [0.29, 0.717) is 48.7 Å². The van der Waals surface area contributed by atoms with Crippen molar-refractivity contribution in [3.8, 4) is 22.5 Å². The van der Waals surface area contributed by atoms with Gasteiger partial charge in [-0.15, -0.1) is 0 Å². The van der Waals surface area contributed by atoms with Gasteiger partial charge in [0.25, 0.3) is 5.91 Å². The molecule has 1 fully saturated rings. The number of amides is 2. The first-order valence-corrected chi connectivity index (χ1v) is 9.32. The molecule has 2 aromatic heterocycles. The van der Waals surface area contributed by atoms with Crippen LogP contribution in [0.3, 0.4) is 0 Å². The van der Waals surface area contributed by atoms with Gasteiger partial charge in [0.15, 0.2) is 0 Å². The predicted molar refractivity (Wildman–Crippen MR) is 106 cm³/mol. The normalized spacial score (nSPS) is 13.9. The Morgan fingerprint density at radius 1 is 0.833 bits per heavy atom. The highest BCUT2D eigenvalue weighted by Gasteiger charge is 2.24. The van der Waals surface area contributed by atoms with E-state index in [1.54, 1.807) is 35.4 Å². The van der Waals surface area contributed by atoms with Crippen LogP contribution in [-0.2, 0) is 0 Å². The van der Waals surface area contributed by atoms with Gasteiger partial charge in [0.05, 0.1) is 30.0 Å². The molecule has 152 valence electrons. The fourth-order valence-corrected chi connectivity index (χ4v) is 3.26. The smallest absolute Gasteiger partial charge is 0.407 e. The highest BCUT2D eigenvalue weighted by molar-refractivity contribution is 5.94. The summed E-state index contributed by atoms with van der Waals surface area (Å²) in [4.78, 5) is 39.2. The minimum Gasteiger partial charge on any atom is -0.465 e. The molecule has 1 aliphatic rings. The third-order valence-electron chi connectivity index (χ3n) is 4.90. The van der Waals surface area contributed by atoms with E-state index >= 15 is 0 Å². The maximum atomic E-state index is 13.4. The van der Waals surface area contributed by atoms with Crippen LogP contribution in [0.1, 0.15) is 10.4 Å². The molecule has 0 unspecified atom stereocenters. The van der Waals surface area contributed by atoms with Crippen LogP contribution in [-0.4, -0.2) is 68.0 Å². The molecule has 4 rings (SSSR count). The Balaban J connectivity index is 1.49. The van der Waals surface area contributed by atoms with Crippen LogP contribution in [0.5, 0.6) is 0 Å². The molecule has 3 aromatic rings. The zero-order valence-electron chi connectivity index (χ0n) is 15.9. The first-order chi connectivity index (χ1) is 14.5. The van der Waals surface area contributed by atoms with Gasteiger partial charge in [-0.2, -0.15) is 0 Å². The van der Waals surface area contributed by atoms with E-state index in [1.807, 2.05) is 0 Å². The monoisotopic (exact) mass is 407 g/mol. The van der Waals surface area contributed by atoms with Gasteiger partial charge in [-0.1, -0.05) is 12.1 Å². The first kappa shape index (κ1) is 19.4. The lowest BCUT2D eigenvalue weighted by molar-refractivity contribution is 0.0625. The zero-order chi connectivity index (χ0) is 21.1. The molecular formula is C21H18FN5O3. The van der Waals surface area contributed by atoms with Gasteiger partial charge in [0.2, 0.25) is 0 Å². The van der Waals surface area contributed by atoms with Gasteiger partial charge >= 0.3 is 6.09 Å². The summed E-state index contributed by atoms with van der Waals surface area (Å²) < 4.78 is 13.4. The number of carbonyl (C=O) groups is 2. The molecule has 0 saturated carbocycles. The number of pyridine rings is 1. The number of carboxylic acid groups (broad SMARTS) is 1. The standard InChI is InChI=1S/C21H18FN5O3/c22-17-9-16(10-23-11-17)19-13-24-12-18(25-19)14-1-3-15(4-2-14)20(28)26-5-7-27(8-6-26)21(29)30/h1-4,9-13H,5-8H2,(H,29,30). The van der Waals surface area contributed by atoms with Gasteiger partial charge in [-0.25, -0.2) is 14.2 Å². The Labute approximate surface area is 171 Å². The number of rotatable bonds is 3. The van der Waals surface area contributed by atoms with Crippen molar-refractivity contribution in [2.24, 2.45) is 0 Å². The summed E-state index contributed by atoms with van der Waals surface area (Å²) in [5.74, 6) is -0.594. The van der Waals surface area contributed by atoms with Gasteiger partial charge in [0.1, 0.15) is 5.82 Å². The van der Waals surface area contributed by atoms with Crippen molar-refractivity contribution in [1.82, 2.24) is 24.8 Å². The van der Waals surface area contributed by atoms with Crippen LogP contribution in [0.25, 0.3) is 22.5 Å². The number of aromatic nitrogens is 3. The molecule has 1 N–H and O–H groups in total. The summed E-state index contributed by atoms with van der Waals surface area (Å²) in [6.45, 7) is 1.33. The number of nitrogens with zero attached hydrogens (tertiary/aromatic N) is 5. The molecule has 30 heavy (non-hydrogen) atoms. The van der Waals surface area contributed by atoms with E-state index in [9.17, 15) is 14.0 Å². The molecule has 0 spiro atoms. The number of hydrogen-bond acceptors (Lipinski definition) is 5. The third-order valence-corrected chi connectivity index (χ3v) is 4.90. The quantitative estimate of drug-likeness (QED) is 0.717. The molecule has 8 nitrogen and oxygen atoms in total. The van der Waals surface area contributed by atoms with Crippen LogP contribution >= 0.6 is 0 Å². The molecule has 2 amide bonds. The fraction of sp³-hybridized carbons (Fsp3) is 0.190. The number of piperazine rings is 1. The Morgan fingerprint density at radius 3 is 2.07 bits per heavy atom. The zero-order valence-corrected chi connectivity index (χ0v) is 15.9. The van der Waals surface area contributed by atoms with Crippen molar-refractivity contribution in [3.63, 3.8) is 0 Å². The number of carbonyl (C=O) groups excluding carboxylic acids is 1. The average molecular weight is 407 g/mol. The van der Waals surface area contributed by atoms with Crippen molar-refractivity contribution in [2.45, 2.75) is 0 Å². The summed E-state index contributed by atoms with van der Waals surface area (Å²) >= 11 is 0. The minimum atomic E-state index is -0.969. The van der Waals surface area contributed by atoms with Crippen LogP contribution in [0.15, 0.2) is 55.1 Å². The Morgan fingerprint density at radius 2 is 1.43 bits per heavy atom. The lowest BCUT2D eigenvalue weighted by Gasteiger charge is -2.33. The third kappa shape index (κ3) is 4.09. The van der Waals surface area contributed by atoms with E-state index in [4.69, 9.17) is 5.11 Å². The van der Waals surface area contributed by atoms with E-state index < -0.39 is 11.9 Å². The van der Waals surface area contributed by atoms with Crippen molar-refractivity contribution < 1.29 is 19.1 Å². The SMILES string of the molecule is O=C(O)N1CCN(C(=O)c2ccc(-c3cncc(-c4cncc(F)c4)n3)cc2)CC1. The van der Waals surface area contributed by atoms with Crippen LogP contribution < -0.4 is 0 Å². The van der Waals surface area contributed by atoms with E-state index in [1.165, 1.54) is 23.4 Å². The van der Waals surface area contributed by atoms with Crippen molar-refractivity contribution in [3.05, 3.63) is 66.5 Å². The first-order valence-electron chi connectivity index (χ1n) is 9.32.